The molecule has 0 saturated heterocycles. The average Bonchev–Trinajstić information content (AvgIpc) is 2.97. The summed E-state index contributed by atoms with van der Waals surface area (Å²) in [5, 5.41) is 15.5. The molecule has 0 fully saturated rings. The van der Waals surface area contributed by atoms with E-state index in [9.17, 15) is 0 Å². The Bertz CT molecular complexity index is 551. The first-order valence-electron chi connectivity index (χ1n) is 7.20. The van der Waals surface area contributed by atoms with Gasteiger partial charge in [-0.15, -0.1) is 5.10 Å². The van der Waals surface area contributed by atoms with E-state index in [1.165, 1.54) is 11.1 Å². The molecule has 1 aromatic carbocycles. The van der Waals surface area contributed by atoms with Gasteiger partial charge in [-0.05, 0) is 36.8 Å². The second-order valence-corrected chi connectivity index (χ2v) is 5.24. The van der Waals surface area contributed by atoms with Gasteiger partial charge in [0.25, 0.3) is 0 Å². The maximum atomic E-state index is 5.05. The van der Waals surface area contributed by atoms with Crippen molar-refractivity contribution in [2.75, 3.05) is 20.3 Å². The van der Waals surface area contributed by atoms with Crippen LogP contribution in [-0.4, -0.2) is 40.5 Å². The van der Waals surface area contributed by atoms with Crippen molar-refractivity contribution >= 4 is 0 Å². The maximum absolute atomic E-state index is 5.05. The largest absolute Gasteiger partial charge is 0.383 e. The van der Waals surface area contributed by atoms with E-state index in [4.69, 9.17) is 4.74 Å². The van der Waals surface area contributed by atoms with Gasteiger partial charge in [-0.1, -0.05) is 29.8 Å². The van der Waals surface area contributed by atoms with Crippen LogP contribution in [-0.2, 0) is 4.74 Å². The third kappa shape index (κ3) is 3.86. The summed E-state index contributed by atoms with van der Waals surface area (Å²) in [4.78, 5) is 0. The molecule has 1 aromatic heterocycles. The van der Waals surface area contributed by atoms with Crippen molar-refractivity contribution in [3.8, 4) is 0 Å². The number of hydrogen-bond acceptors (Lipinski definition) is 5. The van der Waals surface area contributed by atoms with Crippen LogP contribution >= 0.6 is 0 Å². The highest BCUT2D eigenvalue weighted by Gasteiger charge is 2.19. The number of tetrazole rings is 1. The molecule has 2 aromatic rings. The Kier molecular flexibility index (Phi) is 5.41. The lowest BCUT2D eigenvalue weighted by Crippen LogP contribution is -2.26. The first-order valence-corrected chi connectivity index (χ1v) is 7.20. The monoisotopic (exact) mass is 289 g/mol. The van der Waals surface area contributed by atoms with Crippen molar-refractivity contribution < 1.29 is 4.74 Å². The van der Waals surface area contributed by atoms with Crippen LogP contribution in [0.1, 0.15) is 42.9 Å². The summed E-state index contributed by atoms with van der Waals surface area (Å²) in [6, 6.07) is 8.63. The first kappa shape index (κ1) is 15.6. The van der Waals surface area contributed by atoms with Crippen molar-refractivity contribution in [3.63, 3.8) is 0 Å². The molecular weight excluding hydrogens is 266 g/mol. The topological polar surface area (TPSA) is 64.9 Å². The van der Waals surface area contributed by atoms with E-state index >= 15 is 0 Å². The van der Waals surface area contributed by atoms with Gasteiger partial charge in [-0.3, -0.25) is 0 Å². The van der Waals surface area contributed by atoms with Gasteiger partial charge in [0.15, 0.2) is 5.82 Å². The molecule has 1 N–H and O–H groups in total. The lowest BCUT2D eigenvalue weighted by molar-refractivity contribution is 0.195. The van der Waals surface area contributed by atoms with Crippen LogP contribution in [0.15, 0.2) is 24.3 Å². The van der Waals surface area contributed by atoms with E-state index in [1.54, 1.807) is 7.11 Å². The molecular formula is C15H23N5O. The second kappa shape index (κ2) is 7.28. The Balaban J connectivity index is 2.13. The van der Waals surface area contributed by atoms with Crippen LogP contribution in [0.2, 0.25) is 0 Å². The molecule has 0 aliphatic heterocycles. The third-order valence-electron chi connectivity index (χ3n) is 3.59. The van der Waals surface area contributed by atoms with Crippen LogP contribution in [0.25, 0.3) is 0 Å². The van der Waals surface area contributed by atoms with E-state index in [2.05, 4.69) is 65.9 Å². The number of aromatic nitrogens is 4. The van der Waals surface area contributed by atoms with Gasteiger partial charge in [0.1, 0.15) is 0 Å². The first-order chi connectivity index (χ1) is 10.1. The average molecular weight is 289 g/mol. The number of benzene rings is 1. The summed E-state index contributed by atoms with van der Waals surface area (Å²) >= 11 is 0. The molecule has 0 saturated carbocycles. The minimum absolute atomic E-state index is 0.0723. The van der Waals surface area contributed by atoms with Gasteiger partial charge < -0.3 is 10.1 Å². The predicted molar refractivity (Wildman–Crippen MR) is 81.1 cm³/mol. The summed E-state index contributed by atoms with van der Waals surface area (Å²) in [5.41, 5.74) is 2.44. The minimum atomic E-state index is 0.0723. The number of nitrogens with zero attached hydrogens (tertiary/aromatic N) is 4. The lowest BCUT2D eigenvalue weighted by Gasteiger charge is -2.18. The van der Waals surface area contributed by atoms with Crippen LogP contribution in [0.3, 0.4) is 0 Å². The van der Waals surface area contributed by atoms with E-state index in [0.29, 0.717) is 6.61 Å². The predicted octanol–water partition coefficient (Wildman–Crippen LogP) is 1.89. The number of nitrogens with one attached hydrogen (secondary N) is 1. The summed E-state index contributed by atoms with van der Waals surface area (Å²) in [6.07, 6.45) is 0. The fourth-order valence-electron chi connectivity index (χ4n) is 2.22. The summed E-state index contributed by atoms with van der Waals surface area (Å²) in [7, 11) is 1.69. The van der Waals surface area contributed by atoms with Gasteiger partial charge >= 0.3 is 0 Å². The van der Waals surface area contributed by atoms with Crippen molar-refractivity contribution in [2.45, 2.75) is 32.9 Å². The highest BCUT2D eigenvalue weighted by molar-refractivity contribution is 5.24. The number of aryl methyl sites for hydroxylation is 1. The van der Waals surface area contributed by atoms with E-state index < -0.39 is 0 Å². The smallest absolute Gasteiger partial charge is 0.168 e. The van der Waals surface area contributed by atoms with Crippen molar-refractivity contribution in [3.05, 3.63) is 41.2 Å². The molecule has 0 aliphatic rings. The van der Waals surface area contributed by atoms with Gasteiger partial charge in [0.05, 0.1) is 18.7 Å². The molecule has 0 bridgehead atoms. The van der Waals surface area contributed by atoms with Crippen LogP contribution in [0.5, 0.6) is 0 Å². The SMILES string of the molecule is COCCNC(C)c1nnnn1C(C)c1ccc(C)cc1. The fraction of sp³-hybridized carbons (Fsp3) is 0.533. The molecule has 6 heteroatoms. The van der Waals surface area contributed by atoms with Gasteiger partial charge in [0, 0.05) is 13.7 Å². The van der Waals surface area contributed by atoms with Crippen molar-refractivity contribution in [1.29, 1.82) is 0 Å². The number of methoxy groups -OCH3 is 1. The van der Waals surface area contributed by atoms with Gasteiger partial charge in [-0.25, -0.2) is 4.68 Å². The second-order valence-electron chi connectivity index (χ2n) is 5.24. The maximum Gasteiger partial charge on any atom is 0.168 e. The molecule has 2 atom stereocenters. The molecule has 0 amide bonds. The number of rotatable bonds is 7. The summed E-state index contributed by atoms with van der Waals surface area (Å²) < 4.78 is 6.92. The zero-order valence-electron chi connectivity index (χ0n) is 13.1. The molecule has 0 spiro atoms. The zero-order chi connectivity index (χ0) is 15.2. The third-order valence-corrected chi connectivity index (χ3v) is 3.59. The van der Waals surface area contributed by atoms with E-state index in [1.807, 2.05) is 4.68 Å². The molecule has 6 nitrogen and oxygen atoms in total. The Morgan fingerprint density at radius 1 is 1.24 bits per heavy atom. The van der Waals surface area contributed by atoms with E-state index in [0.717, 1.165) is 12.4 Å². The van der Waals surface area contributed by atoms with Crippen LogP contribution in [0.4, 0.5) is 0 Å². The molecule has 0 radical (unpaired) electrons. The normalized spacial score (nSPS) is 14.1. The molecule has 114 valence electrons. The molecule has 21 heavy (non-hydrogen) atoms. The number of hydrogen-bond donors (Lipinski definition) is 1. The summed E-state index contributed by atoms with van der Waals surface area (Å²) in [5.74, 6) is 0.833. The van der Waals surface area contributed by atoms with Crippen LogP contribution < -0.4 is 5.32 Å². The molecule has 1 heterocycles. The lowest BCUT2D eigenvalue weighted by atomic mass is 10.1. The summed E-state index contributed by atoms with van der Waals surface area (Å²) in [6.45, 7) is 7.67. The quantitative estimate of drug-likeness (QED) is 0.789. The standard InChI is InChI=1S/C15H23N5O/c1-11-5-7-14(8-6-11)13(3)20-15(17-18-19-20)12(2)16-9-10-21-4/h5-8,12-13,16H,9-10H2,1-4H3. The van der Waals surface area contributed by atoms with E-state index in [-0.39, 0.29) is 12.1 Å². The number of ether oxygens (including phenoxy) is 1. The Hall–Kier alpha value is -1.79. The Morgan fingerprint density at radius 3 is 2.62 bits per heavy atom. The van der Waals surface area contributed by atoms with Crippen molar-refractivity contribution in [2.24, 2.45) is 0 Å². The molecule has 2 rings (SSSR count). The van der Waals surface area contributed by atoms with Crippen LogP contribution in [0, 0.1) is 6.92 Å². The zero-order valence-corrected chi connectivity index (χ0v) is 13.1. The van der Waals surface area contributed by atoms with Gasteiger partial charge in [-0.2, -0.15) is 0 Å². The highest BCUT2D eigenvalue weighted by Crippen LogP contribution is 2.20. The highest BCUT2D eigenvalue weighted by atomic mass is 16.5. The Morgan fingerprint density at radius 2 is 1.95 bits per heavy atom. The van der Waals surface area contributed by atoms with Crippen molar-refractivity contribution in [1.82, 2.24) is 25.5 Å². The van der Waals surface area contributed by atoms with Gasteiger partial charge in [0.2, 0.25) is 0 Å². The Labute approximate surface area is 125 Å². The molecule has 0 aliphatic carbocycles. The minimum Gasteiger partial charge on any atom is -0.383 e. The molecule has 2 unspecified atom stereocenters. The fourth-order valence-corrected chi connectivity index (χ4v) is 2.22.